The van der Waals surface area contributed by atoms with Crippen molar-refractivity contribution in [3.63, 3.8) is 0 Å². The van der Waals surface area contributed by atoms with E-state index in [1.807, 2.05) is 48.5 Å². The highest BCUT2D eigenvalue weighted by Crippen LogP contribution is 2.13. The van der Waals surface area contributed by atoms with Gasteiger partial charge in [0.1, 0.15) is 0 Å². The van der Waals surface area contributed by atoms with Crippen LogP contribution in [0.3, 0.4) is 0 Å². The van der Waals surface area contributed by atoms with Crippen molar-refractivity contribution in [3.05, 3.63) is 65.7 Å². The molecule has 0 aromatic heterocycles. The van der Waals surface area contributed by atoms with Crippen molar-refractivity contribution in [1.29, 1.82) is 0 Å². The number of carbonyl (C=O) groups excluding carboxylic acids is 1. The summed E-state index contributed by atoms with van der Waals surface area (Å²) in [5.74, 6) is 0.177. The number of para-hydroxylation sites is 1. The van der Waals surface area contributed by atoms with Crippen molar-refractivity contribution in [2.45, 2.75) is 13.3 Å². The molecule has 0 unspecified atom stereocenters. The molecule has 0 spiro atoms. The van der Waals surface area contributed by atoms with Gasteiger partial charge in [-0.05, 0) is 18.6 Å². The van der Waals surface area contributed by atoms with E-state index >= 15 is 0 Å². The standard InChI is InChI=1S/C16H17NO/c1-13-7-5-6-10-15(13)17-12-11-16(18)14-8-3-2-4-9-14/h2-10,17H,11-12H2,1H3. The van der Waals surface area contributed by atoms with E-state index in [-0.39, 0.29) is 5.78 Å². The molecular weight excluding hydrogens is 222 g/mol. The molecule has 0 amide bonds. The number of anilines is 1. The molecule has 0 saturated carbocycles. The van der Waals surface area contributed by atoms with Crippen LogP contribution in [0.25, 0.3) is 0 Å². The molecule has 2 heteroatoms. The fourth-order valence-electron chi connectivity index (χ4n) is 1.85. The van der Waals surface area contributed by atoms with E-state index in [1.165, 1.54) is 5.56 Å². The Labute approximate surface area is 108 Å². The summed E-state index contributed by atoms with van der Waals surface area (Å²) < 4.78 is 0. The Morgan fingerprint density at radius 1 is 1.00 bits per heavy atom. The first kappa shape index (κ1) is 12.4. The van der Waals surface area contributed by atoms with Crippen LogP contribution >= 0.6 is 0 Å². The maximum Gasteiger partial charge on any atom is 0.164 e. The summed E-state index contributed by atoms with van der Waals surface area (Å²) in [6, 6.07) is 17.5. The van der Waals surface area contributed by atoms with E-state index in [4.69, 9.17) is 0 Å². The highest BCUT2D eigenvalue weighted by atomic mass is 16.1. The van der Waals surface area contributed by atoms with Crippen LogP contribution in [0.15, 0.2) is 54.6 Å². The first-order chi connectivity index (χ1) is 8.77. The maximum atomic E-state index is 11.9. The van der Waals surface area contributed by atoms with Gasteiger partial charge < -0.3 is 5.32 Å². The molecule has 0 heterocycles. The Morgan fingerprint density at radius 2 is 1.67 bits per heavy atom. The van der Waals surface area contributed by atoms with E-state index in [0.29, 0.717) is 13.0 Å². The predicted molar refractivity (Wildman–Crippen MR) is 75.1 cm³/mol. The van der Waals surface area contributed by atoms with Crippen LogP contribution in [0, 0.1) is 6.92 Å². The molecule has 0 aliphatic rings. The van der Waals surface area contributed by atoms with E-state index in [2.05, 4.69) is 18.3 Å². The molecule has 0 bridgehead atoms. The Bertz CT molecular complexity index is 520. The molecule has 0 fully saturated rings. The normalized spacial score (nSPS) is 10.1. The van der Waals surface area contributed by atoms with E-state index in [1.54, 1.807) is 0 Å². The van der Waals surface area contributed by atoms with Crippen LogP contribution in [0.2, 0.25) is 0 Å². The Morgan fingerprint density at radius 3 is 2.39 bits per heavy atom. The average Bonchev–Trinajstić information content (AvgIpc) is 2.42. The van der Waals surface area contributed by atoms with Crippen LogP contribution in [-0.2, 0) is 0 Å². The van der Waals surface area contributed by atoms with Crippen LogP contribution in [-0.4, -0.2) is 12.3 Å². The second kappa shape index (κ2) is 6.01. The Hall–Kier alpha value is -2.09. The summed E-state index contributed by atoms with van der Waals surface area (Å²) >= 11 is 0. The molecule has 0 aliphatic carbocycles. The zero-order valence-corrected chi connectivity index (χ0v) is 10.5. The number of aryl methyl sites for hydroxylation is 1. The van der Waals surface area contributed by atoms with Crippen LogP contribution in [0.1, 0.15) is 22.3 Å². The lowest BCUT2D eigenvalue weighted by Crippen LogP contribution is -2.09. The van der Waals surface area contributed by atoms with Gasteiger partial charge in [-0.3, -0.25) is 4.79 Å². The number of hydrogen-bond donors (Lipinski definition) is 1. The summed E-state index contributed by atoms with van der Waals surface area (Å²) in [7, 11) is 0. The van der Waals surface area contributed by atoms with Gasteiger partial charge in [-0.1, -0.05) is 48.5 Å². The minimum absolute atomic E-state index is 0.177. The quantitative estimate of drug-likeness (QED) is 0.806. The third-order valence-corrected chi connectivity index (χ3v) is 2.91. The van der Waals surface area contributed by atoms with Gasteiger partial charge in [-0.25, -0.2) is 0 Å². The molecule has 2 rings (SSSR count). The zero-order chi connectivity index (χ0) is 12.8. The van der Waals surface area contributed by atoms with E-state index in [0.717, 1.165) is 11.3 Å². The number of nitrogens with one attached hydrogen (secondary N) is 1. The fraction of sp³-hybridized carbons (Fsp3) is 0.188. The lowest BCUT2D eigenvalue weighted by molar-refractivity contribution is 0.0986. The molecule has 0 aliphatic heterocycles. The van der Waals surface area contributed by atoms with Crippen molar-refractivity contribution in [1.82, 2.24) is 0 Å². The molecule has 2 aromatic rings. The Kier molecular flexibility index (Phi) is 4.13. The number of carbonyl (C=O) groups is 1. The number of hydrogen-bond acceptors (Lipinski definition) is 2. The molecule has 92 valence electrons. The Balaban J connectivity index is 1.86. The van der Waals surface area contributed by atoms with Crippen molar-refractivity contribution >= 4 is 11.5 Å². The highest BCUT2D eigenvalue weighted by molar-refractivity contribution is 5.96. The van der Waals surface area contributed by atoms with Gasteiger partial charge in [-0.2, -0.15) is 0 Å². The third-order valence-electron chi connectivity index (χ3n) is 2.91. The van der Waals surface area contributed by atoms with Crippen molar-refractivity contribution in [2.75, 3.05) is 11.9 Å². The molecule has 1 N–H and O–H groups in total. The summed E-state index contributed by atoms with van der Waals surface area (Å²) in [6.45, 7) is 2.72. The monoisotopic (exact) mass is 239 g/mol. The van der Waals surface area contributed by atoms with Crippen molar-refractivity contribution in [3.8, 4) is 0 Å². The molecule has 0 radical (unpaired) electrons. The van der Waals surface area contributed by atoms with Gasteiger partial charge in [0.2, 0.25) is 0 Å². The third kappa shape index (κ3) is 3.20. The topological polar surface area (TPSA) is 29.1 Å². The lowest BCUT2D eigenvalue weighted by atomic mass is 10.1. The number of benzene rings is 2. The van der Waals surface area contributed by atoms with Crippen LogP contribution < -0.4 is 5.32 Å². The maximum absolute atomic E-state index is 11.9. The average molecular weight is 239 g/mol. The van der Waals surface area contributed by atoms with E-state index in [9.17, 15) is 4.79 Å². The minimum Gasteiger partial charge on any atom is -0.384 e. The van der Waals surface area contributed by atoms with Gasteiger partial charge >= 0.3 is 0 Å². The smallest absolute Gasteiger partial charge is 0.164 e. The predicted octanol–water partition coefficient (Wildman–Crippen LogP) is 3.68. The van der Waals surface area contributed by atoms with Crippen molar-refractivity contribution < 1.29 is 4.79 Å². The summed E-state index contributed by atoms with van der Waals surface area (Å²) in [5.41, 5.74) is 3.08. The first-order valence-corrected chi connectivity index (χ1v) is 6.15. The molecule has 2 aromatic carbocycles. The second-order valence-corrected chi connectivity index (χ2v) is 4.28. The zero-order valence-electron chi connectivity index (χ0n) is 10.5. The SMILES string of the molecule is Cc1ccccc1NCCC(=O)c1ccccc1. The lowest BCUT2D eigenvalue weighted by Gasteiger charge is -2.08. The van der Waals surface area contributed by atoms with Gasteiger partial charge in [0, 0.05) is 24.2 Å². The van der Waals surface area contributed by atoms with Gasteiger partial charge in [-0.15, -0.1) is 0 Å². The molecule has 18 heavy (non-hydrogen) atoms. The number of rotatable bonds is 5. The van der Waals surface area contributed by atoms with Crippen LogP contribution in [0.5, 0.6) is 0 Å². The molecule has 2 nitrogen and oxygen atoms in total. The molecule has 0 atom stereocenters. The minimum atomic E-state index is 0.177. The molecular formula is C16H17NO. The van der Waals surface area contributed by atoms with E-state index < -0.39 is 0 Å². The second-order valence-electron chi connectivity index (χ2n) is 4.28. The van der Waals surface area contributed by atoms with Crippen LogP contribution in [0.4, 0.5) is 5.69 Å². The summed E-state index contributed by atoms with van der Waals surface area (Å²) in [4.78, 5) is 11.9. The number of Topliss-reactive ketones (excluding diaryl/α,β-unsaturated/α-hetero) is 1. The van der Waals surface area contributed by atoms with Gasteiger partial charge in [0.25, 0.3) is 0 Å². The summed E-state index contributed by atoms with van der Waals surface area (Å²) in [6.07, 6.45) is 0.512. The largest absolute Gasteiger partial charge is 0.384 e. The fourth-order valence-corrected chi connectivity index (χ4v) is 1.85. The highest BCUT2D eigenvalue weighted by Gasteiger charge is 2.04. The van der Waals surface area contributed by atoms with Gasteiger partial charge in [0.05, 0.1) is 0 Å². The van der Waals surface area contributed by atoms with Crippen molar-refractivity contribution in [2.24, 2.45) is 0 Å². The van der Waals surface area contributed by atoms with Gasteiger partial charge in [0.15, 0.2) is 5.78 Å². The summed E-state index contributed by atoms with van der Waals surface area (Å²) in [5, 5.41) is 3.29. The first-order valence-electron chi connectivity index (χ1n) is 6.15. The number of ketones is 1. The molecule has 0 saturated heterocycles.